The van der Waals surface area contributed by atoms with Crippen LogP contribution >= 0.6 is 0 Å². The van der Waals surface area contributed by atoms with Gasteiger partial charge in [-0.2, -0.15) is 0 Å². The highest BCUT2D eigenvalue weighted by atomic mass is 16.6. The third-order valence-electron chi connectivity index (χ3n) is 2.76. The Bertz CT molecular complexity index is 370. The molecular formula is C14H21NO2. The van der Waals surface area contributed by atoms with Gasteiger partial charge in [-0.05, 0) is 31.4 Å². The molecule has 0 spiro atoms. The summed E-state index contributed by atoms with van der Waals surface area (Å²) in [5, 5.41) is 0. The van der Waals surface area contributed by atoms with Crippen LogP contribution in [0, 0.1) is 0 Å². The van der Waals surface area contributed by atoms with Gasteiger partial charge in [0.2, 0.25) is 0 Å². The fraction of sp³-hybridized carbons (Fsp3) is 0.500. The SMILES string of the molecule is CCN(CC)C(=O)Oc1ccccc1C(C)C. The average Bonchev–Trinajstić information content (AvgIpc) is 2.31. The Balaban J connectivity index is 2.84. The molecule has 94 valence electrons. The third kappa shape index (κ3) is 3.48. The largest absolute Gasteiger partial charge is 0.415 e. The van der Waals surface area contributed by atoms with Crippen LogP contribution in [0.1, 0.15) is 39.2 Å². The summed E-state index contributed by atoms with van der Waals surface area (Å²) in [5.41, 5.74) is 1.06. The van der Waals surface area contributed by atoms with E-state index in [0.717, 1.165) is 5.56 Å². The number of benzene rings is 1. The first-order valence-electron chi connectivity index (χ1n) is 6.15. The number of rotatable bonds is 4. The molecule has 0 radical (unpaired) electrons. The molecule has 0 heterocycles. The number of carbonyl (C=O) groups excluding carboxylic acids is 1. The number of para-hydroxylation sites is 1. The summed E-state index contributed by atoms with van der Waals surface area (Å²) < 4.78 is 5.44. The molecule has 1 aromatic rings. The van der Waals surface area contributed by atoms with Crippen molar-refractivity contribution >= 4 is 6.09 Å². The lowest BCUT2D eigenvalue weighted by atomic mass is 10.0. The molecule has 0 saturated heterocycles. The van der Waals surface area contributed by atoms with Crippen molar-refractivity contribution in [3.05, 3.63) is 29.8 Å². The van der Waals surface area contributed by atoms with E-state index >= 15 is 0 Å². The van der Waals surface area contributed by atoms with Gasteiger partial charge in [0.1, 0.15) is 5.75 Å². The fourth-order valence-corrected chi connectivity index (χ4v) is 1.69. The zero-order valence-electron chi connectivity index (χ0n) is 11.1. The molecule has 1 aromatic carbocycles. The normalized spacial score (nSPS) is 10.4. The van der Waals surface area contributed by atoms with E-state index in [-0.39, 0.29) is 6.09 Å². The first kappa shape index (κ1) is 13.6. The Morgan fingerprint density at radius 2 is 1.82 bits per heavy atom. The highest BCUT2D eigenvalue weighted by molar-refractivity contribution is 5.71. The maximum absolute atomic E-state index is 11.9. The Labute approximate surface area is 103 Å². The van der Waals surface area contributed by atoms with Crippen molar-refractivity contribution in [1.82, 2.24) is 4.90 Å². The van der Waals surface area contributed by atoms with Crippen molar-refractivity contribution in [2.24, 2.45) is 0 Å². The number of hydrogen-bond acceptors (Lipinski definition) is 2. The van der Waals surface area contributed by atoms with Crippen molar-refractivity contribution in [2.75, 3.05) is 13.1 Å². The van der Waals surface area contributed by atoms with Crippen molar-refractivity contribution in [3.63, 3.8) is 0 Å². The van der Waals surface area contributed by atoms with Gasteiger partial charge < -0.3 is 9.64 Å². The van der Waals surface area contributed by atoms with Gasteiger partial charge >= 0.3 is 6.09 Å². The number of amides is 1. The molecule has 0 aliphatic heterocycles. The Hall–Kier alpha value is -1.51. The molecule has 0 N–H and O–H groups in total. The maximum atomic E-state index is 11.9. The predicted molar refractivity (Wildman–Crippen MR) is 69.5 cm³/mol. The van der Waals surface area contributed by atoms with Crippen molar-refractivity contribution < 1.29 is 9.53 Å². The quantitative estimate of drug-likeness (QED) is 0.797. The topological polar surface area (TPSA) is 29.5 Å². The second-order valence-corrected chi connectivity index (χ2v) is 4.23. The van der Waals surface area contributed by atoms with Crippen molar-refractivity contribution in [2.45, 2.75) is 33.6 Å². The molecule has 3 heteroatoms. The zero-order chi connectivity index (χ0) is 12.8. The first-order chi connectivity index (χ1) is 8.10. The van der Waals surface area contributed by atoms with Crippen LogP contribution in [0.2, 0.25) is 0 Å². The predicted octanol–water partition coefficient (Wildman–Crippen LogP) is 3.65. The minimum absolute atomic E-state index is 0.275. The fourth-order valence-electron chi connectivity index (χ4n) is 1.69. The highest BCUT2D eigenvalue weighted by Crippen LogP contribution is 2.26. The molecule has 1 amide bonds. The van der Waals surface area contributed by atoms with Gasteiger partial charge in [0.25, 0.3) is 0 Å². The van der Waals surface area contributed by atoms with E-state index in [1.165, 1.54) is 0 Å². The van der Waals surface area contributed by atoms with Gasteiger partial charge in [0.05, 0.1) is 0 Å². The van der Waals surface area contributed by atoms with Crippen LogP contribution in [0.3, 0.4) is 0 Å². The molecule has 0 aromatic heterocycles. The van der Waals surface area contributed by atoms with Gasteiger partial charge in [0, 0.05) is 13.1 Å². The standard InChI is InChI=1S/C14H21NO2/c1-5-15(6-2)14(16)17-13-10-8-7-9-12(13)11(3)4/h7-11H,5-6H2,1-4H3. The second-order valence-electron chi connectivity index (χ2n) is 4.23. The third-order valence-corrected chi connectivity index (χ3v) is 2.76. The van der Waals surface area contributed by atoms with Crippen LogP contribution in [0.5, 0.6) is 5.75 Å². The van der Waals surface area contributed by atoms with E-state index in [0.29, 0.717) is 24.8 Å². The van der Waals surface area contributed by atoms with Gasteiger partial charge in [-0.3, -0.25) is 0 Å². The molecule has 17 heavy (non-hydrogen) atoms. The van der Waals surface area contributed by atoms with Gasteiger partial charge in [-0.1, -0.05) is 32.0 Å². The van der Waals surface area contributed by atoms with Crippen LogP contribution in [-0.4, -0.2) is 24.1 Å². The summed E-state index contributed by atoms with van der Waals surface area (Å²) in [6.45, 7) is 9.39. The number of nitrogens with zero attached hydrogens (tertiary/aromatic N) is 1. The molecule has 1 rings (SSSR count). The van der Waals surface area contributed by atoms with Crippen LogP contribution in [0.15, 0.2) is 24.3 Å². The molecule has 0 bridgehead atoms. The van der Waals surface area contributed by atoms with E-state index in [1.807, 2.05) is 38.1 Å². The lowest BCUT2D eigenvalue weighted by Crippen LogP contribution is -2.33. The monoisotopic (exact) mass is 235 g/mol. The Morgan fingerprint density at radius 1 is 1.24 bits per heavy atom. The van der Waals surface area contributed by atoms with Crippen LogP contribution in [0.25, 0.3) is 0 Å². The summed E-state index contributed by atoms with van der Waals surface area (Å²) in [4.78, 5) is 13.5. The van der Waals surface area contributed by atoms with E-state index < -0.39 is 0 Å². The maximum Gasteiger partial charge on any atom is 0.415 e. The van der Waals surface area contributed by atoms with Crippen molar-refractivity contribution in [3.8, 4) is 5.75 Å². The van der Waals surface area contributed by atoms with Crippen LogP contribution < -0.4 is 4.74 Å². The van der Waals surface area contributed by atoms with E-state index in [4.69, 9.17) is 4.74 Å². The lowest BCUT2D eigenvalue weighted by molar-refractivity contribution is 0.156. The van der Waals surface area contributed by atoms with Crippen molar-refractivity contribution in [1.29, 1.82) is 0 Å². The molecule has 0 atom stereocenters. The van der Waals surface area contributed by atoms with Crippen LogP contribution in [0.4, 0.5) is 4.79 Å². The highest BCUT2D eigenvalue weighted by Gasteiger charge is 2.15. The molecule has 0 aliphatic rings. The lowest BCUT2D eigenvalue weighted by Gasteiger charge is -2.19. The van der Waals surface area contributed by atoms with E-state index in [9.17, 15) is 4.79 Å². The zero-order valence-corrected chi connectivity index (χ0v) is 11.1. The number of hydrogen-bond donors (Lipinski definition) is 0. The summed E-state index contributed by atoms with van der Waals surface area (Å²) in [6, 6.07) is 7.69. The summed E-state index contributed by atoms with van der Waals surface area (Å²) >= 11 is 0. The minimum atomic E-state index is -0.275. The Morgan fingerprint density at radius 3 is 2.35 bits per heavy atom. The smallest absolute Gasteiger partial charge is 0.410 e. The molecule has 0 unspecified atom stereocenters. The number of ether oxygens (including phenoxy) is 1. The second kappa shape index (κ2) is 6.28. The number of carbonyl (C=O) groups is 1. The minimum Gasteiger partial charge on any atom is -0.410 e. The molecule has 0 aliphatic carbocycles. The summed E-state index contributed by atoms with van der Waals surface area (Å²) in [5.74, 6) is 1.01. The molecule has 0 fully saturated rings. The average molecular weight is 235 g/mol. The van der Waals surface area contributed by atoms with E-state index in [1.54, 1.807) is 4.90 Å². The van der Waals surface area contributed by atoms with Gasteiger partial charge in [-0.25, -0.2) is 4.79 Å². The summed E-state index contributed by atoms with van der Waals surface area (Å²) in [6.07, 6.45) is -0.275. The Kier molecular flexibility index (Phi) is 5.01. The first-order valence-corrected chi connectivity index (χ1v) is 6.15. The van der Waals surface area contributed by atoms with Gasteiger partial charge in [0.15, 0.2) is 0 Å². The van der Waals surface area contributed by atoms with Gasteiger partial charge in [-0.15, -0.1) is 0 Å². The summed E-state index contributed by atoms with van der Waals surface area (Å²) in [7, 11) is 0. The van der Waals surface area contributed by atoms with Crippen LogP contribution in [-0.2, 0) is 0 Å². The molecular weight excluding hydrogens is 214 g/mol. The molecule has 3 nitrogen and oxygen atoms in total. The molecule has 0 saturated carbocycles. The van der Waals surface area contributed by atoms with E-state index in [2.05, 4.69) is 13.8 Å².